The number of halogens is 1. The van der Waals surface area contributed by atoms with Crippen LogP contribution in [0.2, 0.25) is 5.02 Å². The zero-order valence-corrected chi connectivity index (χ0v) is 47.7. The SMILES string of the molecule is CN[C@@H](Cc1ccc(Cl)cc1)C(=O)NC1CSSC[C@@H](C(=O)N[C@@H](Cc2ccc3ccccc3c2)C(N)=O)NC(=O)C([C@@H](C)O)NC(=O)[C@H](CCCCN)NC(=O)[C@@H](Cc2c[nH]c3ccccc23)NC(=O)C(Cc2cccnc2)NC1=O. The van der Waals surface area contributed by atoms with Crippen molar-refractivity contribution in [1.82, 2.24) is 52.5 Å². The van der Waals surface area contributed by atoms with Crippen molar-refractivity contribution in [2.24, 2.45) is 11.5 Å². The Bertz CT molecular complexity index is 3190. The summed E-state index contributed by atoms with van der Waals surface area (Å²) < 4.78 is 0. The van der Waals surface area contributed by atoms with E-state index >= 15 is 0 Å². The van der Waals surface area contributed by atoms with Gasteiger partial charge in [-0.25, -0.2) is 0 Å². The lowest BCUT2D eigenvalue weighted by molar-refractivity contribution is -0.136. The van der Waals surface area contributed by atoms with Crippen LogP contribution < -0.4 is 54.0 Å². The molecule has 0 spiro atoms. The van der Waals surface area contributed by atoms with E-state index in [-0.39, 0.29) is 50.2 Å². The molecule has 82 heavy (non-hydrogen) atoms. The average molecular weight is 1180 g/mol. The summed E-state index contributed by atoms with van der Waals surface area (Å²) in [4.78, 5) is 123. The minimum atomic E-state index is -1.70. The minimum absolute atomic E-state index is 0.0113. The van der Waals surface area contributed by atoms with Gasteiger partial charge in [0.05, 0.1) is 12.1 Å². The number of H-pyrrole nitrogens is 1. The van der Waals surface area contributed by atoms with E-state index in [0.717, 1.165) is 48.8 Å². The molecule has 4 aromatic carbocycles. The number of pyridine rings is 1. The molecule has 3 unspecified atom stereocenters. The van der Waals surface area contributed by atoms with Crippen molar-refractivity contribution in [2.45, 2.75) is 106 Å². The van der Waals surface area contributed by atoms with Crippen LogP contribution in [0.5, 0.6) is 0 Å². The summed E-state index contributed by atoms with van der Waals surface area (Å²) in [7, 11) is 3.67. The predicted molar refractivity (Wildman–Crippen MR) is 318 cm³/mol. The molecule has 1 aliphatic heterocycles. The minimum Gasteiger partial charge on any atom is -0.391 e. The molecule has 8 amide bonds. The fraction of sp³-hybridized carbons (Fsp3) is 0.362. The van der Waals surface area contributed by atoms with Crippen molar-refractivity contribution in [3.8, 4) is 0 Å². The van der Waals surface area contributed by atoms with E-state index in [2.05, 4.69) is 52.5 Å². The molecule has 1 fully saturated rings. The summed E-state index contributed by atoms with van der Waals surface area (Å²) in [5, 5.41) is 36.5. The Hall–Kier alpha value is -7.54. The third kappa shape index (κ3) is 17.7. The quantitative estimate of drug-likeness (QED) is 0.0408. The first-order chi connectivity index (χ1) is 39.5. The maximum Gasteiger partial charge on any atom is 0.245 e. The van der Waals surface area contributed by atoms with Crippen molar-refractivity contribution in [3.63, 3.8) is 0 Å². The van der Waals surface area contributed by atoms with E-state index in [9.17, 15) is 43.5 Å². The predicted octanol–water partition coefficient (Wildman–Crippen LogP) is 2.01. The molecular weight excluding hydrogens is 1110 g/mol. The molecule has 21 nitrogen and oxygen atoms in total. The highest BCUT2D eigenvalue weighted by Crippen LogP contribution is 2.25. The number of benzene rings is 4. The van der Waals surface area contributed by atoms with Crippen LogP contribution in [-0.2, 0) is 64.0 Å². The third-order valence-electron chi connectivity index (χ3n) is 13.9. The number of unbranched alkanes of at least 4 members (excludes halogenated alkanes) is 1. The maximum atomic E-state index is 14.9. The third-order valence-corrected chi connectivity index (χ3v) is 16.6. The van der Waals surface area contributed by atoms with Gasteiger partial charge in [-0.2, -0.15) is 0 Å². The van der Waals surface area contributed by atoms with Crippen LogP contribution >= 0.6 is 33.2 Å². The lowest BCUT2D eigenvalue weighted by Crippen LogP contribution is -2.62. The van der Waals surface area contributed by atoms with Crippen molar-refractivity contribution < 1.29 is 43.5 Å². The molecule has 7 rings (SSSR count). The zero-order valence-electron chi connectivity index (χ0n) is 45.3. The van der Waals surface area contributed by atoms with Crippen molar-refractivity contribution in [3.05, 3.63) is 149 Å². The number of hydrogen-bond donors (Lipinski definition) is 12. The molecule has 434 valence electrons. The van der Waals surface area contributed by atoms with Crippen LogP contribution in [0.3, 0.4) is 0 Å². The Morgan fingerprint density at radius 3 is 2.09 bits per heavy atom. The molecule has 14 N–H and O–H groups in total. The van der Waals surface area contributed by atoms with Crippen molar-refractivity contribution >= 4 is 102 Å². The number of carbonyl (C=O) groups excluding carboxylic acids is 8. The first kappa shape index (κ1) is 62.1. The van der Waals surface area contributed by atoms with Gasteiger partial charge in [-0.15, -0.1) is 0 Å². The summed E-state index contributed by atoms with van der Waals surface area (Å²) in [6.07, 6.45) is 4.00. The molecule has 0 aliphatic carbocycles. The largest absolute Gasteiger partial charge is 0.391 e. The summed E-state index contributed by atoms with van der Waals surface area (Å²) in [5.74, 6) is -6.90. The van der Waals surface area contributed by atoms with Crippen LogP contribution in [0.4, 0.5) is 0 Å². The van der Waals surface area contributed by atoms with Gasteiger partial charge in [0, 0.05) is 65.3 Å². The molecule has 2 aromatic heterocycles. The summed E-state index contributed by atoms with van der Waals surface area (Å²) in [6.45, 7) is 1.52. The number of amides is 8. The molecule has 1 saturated heterocycles. The van der Waals surface area contributed by atoms with Gasteiger partial charge >= 0.3 is 0 Å². The molecule has 9 atom stereocenters. The number of hydrogen-bond acceptors (Lipinski definition) is 14. The number of likely N-dealkylation sites (N-methyl/N-ethyl adjacent to an activating group) is 1. The van der Waals surface area contributed by atoms with Crippen molar-refractivity contribution in [1.29, 1.82) is 0 Å². The van der Waals surface area contributed by atoms with Gasteiger partial charge in [0.25, 0.3) is 0 Å². The van der Waals surface area contributed by atoms with Crippen LogP contribution in [0, 0.1) is 0 Å². The lowest BCUT2D eigenvalue weighted by atomic mass is 10.0. The molecule has 0 saturated carbocycles. The molecule has 1 aliphatic rings. The lowest BCUT2D eigenvalue weighted by Gasteiger charge is -2.29. The van der Waals surface area contributed by atoms with E-state index in [4.69, 9.17) is 23.1 Å². The summed E-state index contributed by atoms with van der Waals surface area (Å²) >= 11 is 6.15. The number of aliphatic hydroxyl groups excluding tert-OH is 1. The van der Waals surface area contributed by atoms with E-state index < -0.39 is 102 Å². The van der Waals surface area contributed by atoms with Gasteiger partial charge in [-0.1, -0.05) is 112 Å². The number of para-hydroxylation sites is 1. The Balaban J connectivity index is 1.25. The highest BCUT2D eigenvalue weighted by molar-refractivity contribution is 8.76. The smallest absolute Gasteiger partial charge is 0.245 e. The second-order valence-corrected chi connectivity index (χ2v) is 23.0. The van der Waals surface area contributed by atoms with E-state index in [0.29, 0.717) is 34.6 Å². The van der Waals surface area contributed by atoms with Crippen LogP contribution in [-0.4, -0.2) is 142 Å². The van der Waals surface area contributed by atoms with Gasteiger partial charge < -0.3 is 64.1 Å². The van der Waals surface area contributed by atoms with E-state index in [1.165, 1.54) is 13.1 Å². The van der Waals surface area contributed by atoms with E-state index in [1.807, 2.05) is 60.7 Å². The van der Waals surface area contributed by atoms with Gasteiger partial charge in [0.2, 0.25) is 47.3 Å². The summed E-state index contributed by atoms with van der Waals surface area (Å²) in [6, 6.07) is 20.0. The normalized spacial score (nSPS) is 20.9. The van der Waals surface area contributed by atoms with Gasteiger partial charge in [0.15, 0.2) is 0 Å². The Morgan fingerprint density at radius 2 is 1.38 bits per heavy atom. The monoisotopic (exact) mass is 1180 g/mol. The Morgan fingerprint density at radius 1 is 0.720 bits per heavy atom. The van der Waals surface area contributed by atoms with Gasteiger partial charge in [0.1, 0.15) is 42.3 Å². The van der Waals surface area contributed by atoms with Gasteiger partial charge in [-0.05, 0) is 103 Å². The number of nitrogens with two attached hydrogens (primary N) is 2. The molecule has 0 radical (unpaired) electrons. The highest BCUT2D eigenvalue weighted by Gasteiger charge is 2.37. The molecule has 0 bridgehead atoms. The first-order valence-corrected chi connectivity index (χ1v) is 29.7. The number of nitrogens with zero attached hydrogens (tertiary/aromatic N) is 1. The maximum absolute atomic E-state index is 14.9. The number of aromatic nitrogens is 2. The summed E-state index contributed by atoms with van der Waals surface area (Å²) in [5.41, 5.74) is 15.1. The number of fused-ring (bicyclic) bond motifs is 2. The molecular formula is C58H69ClN12O9S2. The number of rotatable bonds is 19. The average Bonchev–Trinajstić information content (AvgIpc) is 4.12. The standard InChI is InChI=1S/C58H69ClN12O9S2/c1-33(72)50-58(80)70-49(56(78)66-44(51(61)73)26-35-16-19-37-11-3-4-12-38(37)24-35)32-82-81-31-48(69-53(75)45(62-2)25-34-17-20-40(59)21-18-34)57(79)67-46(27-36-10-9-23-63-29-36)54(76)68-47(28-39-30-64-42-14-6-5-13-41(39)42)55(77)65-43(52(74)71-50)15-7-8-22-60/h3-6,9-14,16-21,23-24,29-30,33,43-50,62,64,72H,7-8,15,22,25-28,31-32,60H2,1-2H3,(H2,61,73)(H,65,77)(H,66,78)(H,67,79)(H,68,76)(H,69,75)(H,70,80)(H,71,74)/t33-,43+,44+,45+,46?,47-,48?,49+,50?/m1/s1. The molecule has 24 heteroatoms. The van der Waals surface area contributed by atoms with E-state index in [1.54, 1.807) is 61.9 Å². The molecule has 6 aromatic rings. The number of carbonyl (C=O) groups is 8. The fourth-order valence-electron chi connectivity index (χ4n) is 9.34. The van der Waals surface area contributed by atoms with Crippen LogP contribution in [0.25, 0.3) is 21.7 Å². The Kier molecular flexibility index (Phi) is 23.1. The Labute approximate surface area is 487 Å². The van der Waals surface area contributed by atoms with Crippen LogP contribution in [0.15, 0.2) is 122 Å². The zero-order chi connectivity index (χ0) is 58.7. The molecule has 3 heterocycles. The fourth-order valence-corrected chi connectivity index (χ4v) is 11.8. The number of aromatic amines is 1. The second kappa shape index (κ2) is 30.5. The van der Waals surface area contributed by atoms with Crippen molar-refractivity contribution in [2.75, 3.05) is 25.1 Å². The first-order valence-electron chi connectivity index (χ1n) is 26.9. The number of aliphatic hydroxyl groups is 1. The number of nitrogens with one attached hydrogen (secondary N) is 9. The second-order valence-electron chi connectivity index (χ2n) is 20.0. The van der Waals surface area contributed by atoms with Crippen LogP contribution in [0.1, 0.15) is 48.4 Å². The highest BCUT2D eigenvalue weighted by atomic mass is 35.5. The topological polar surface area (TPSA) is 334 Å². The van der Waals surface area contributed by atoms with Gasteiger partial charge in [-0.3, -0.25) is 43.3 Å². The number of primary amides is 1.